The molecule has 0 fully saturated rings. The van der Waals surface area contributed by atoms with Crippen molar-refractivity contribution < 1.29 is 0 Å². The van der Waals surface area contributed by atoms with Gasteiger partial charge in [-0.15, -0.1) is 0 Å². The molecular formula is C16H38P2Sn. The second-order valence-corrected chi connectivity index (χ2v) is 23.7. The summed E-state index contributed by atoms with van der Waals surface area (Å²) < 4.78 is 1.31. The maximum atomic E-state index is 2.37. The summed E-state index contributed by atoms with van der Waals surface area (Å²) in [5.74, 6) is 0. The van der Waals surface area contributed by atoms with Gasteiger partial charge in [0.25, 0.3) is 0 Å². The Kier molecular flexibility index (Phi) is 10.1. The molecule has 0 amide bonds. The van der Waals surface area contributed by atoms with Crippen molar-refractivity contribution in [3.05, 3.63) is 0 Å². The van der Waals surface area contributed by atoms with Gasteiger partial charge in [-0.05, 0) is 10.3 Å². The molecule has 0 rings (SSSR count). The molecule has 0 aromatic rings. The first-order chi connectivity index (χ1) is 7.91. The molecule has 0 saturated carbocycles. The Bertz CT molecular complexity index is 207. The van der Waals surface area contributed by atoms with Crippen molar-refractivity contribution in [1.29, 1.82) is 0 Å². The average Bonchev–Trinajstić information content (AvgIpc) is 1.91. The van der Waals surface area contributed by atoms with Gasteiger partial charge in [0, 0.05) is 0 Å². The van der Waals surface area contributed by atoms with Crippen LogP contribution in [-0.2, 0) is 0 Å². The first-order valence-electron chi connectivity index (χ1n) is 7.25. The fraction of sp³-hybridized carbons (Fsp3) is 1.00. The summed E-state index contributed by atoms with van der Waals surface area (Å²) in [4.78, 5) is 0. The second kappa shape index (κ2) is 8.33. The van der Waals surface area contributed by atoms with Crippen LogP contribution in [0.2, 0.25) is 6.86 Å². The molecule has 0 nitrogen and oxygen atoms in total. The van der Waals surface area contributed by atoms with Crippen molar-refractivity contribution in [2.24, 2.45) is 0 Å². The molecule has 0 heterocycles. The number of rotatable bonds is 1. The van der Waals surface area contributed by atoms with Crippen LogP contribution in [0.3, 0.4) is 0 Å². The minimum atomic E-state index is -0.182. The molecule has 0 aliphatic rings. The van der Waals surface area contributed by atoms with E-state index in [1.54, 1.807) is 0 Å². The first-order valence-corrected chi connectivity index (χ1v) is 13.1. The van der Waals surface area contributed by atoms with Gasteiger partial charge in [0.2, 0.25) is 0 Å². The fourth-order valence-electron chi connectivity index (χ4n) is 1.50. The summed E-state index contributed by atoms with van der Waals surface area (Å²) in [5.41, 5.74) is 0. The molecule has 0 spiro atoms. The van der Waals surface area contributed by atoms with E-state index in [0.717, 1.165) is 16.5 Å². The van der Waals surface area contributed by atoms with Crippen molar-refractivity contribution in [3.8, 4) is 0 Å². The van der Waals surface area contributed by atoms with E-state index in [0.29, 0.717) is 17.2 Å². The summed E-state index contributed by atoms with van der Waals surface area (Å²) in [5, 5.41) is 1.09. The SMILES string of the molecule is CC(C)(C)PPC(C)(C)C.C[C](C)(C)[Sn][C](C)(C)C. The topological polar surface area (TPSA) is 0 Å². The Labute approximate surface area is 137 Å². The third-order valence-corrected chi connectivity index (χ3v) is 12.3. The van der Waals surface area contributed by atoms with Gasteiger partial charge in [0.1, 0.15) is 0 Å². The van der Waals surface area contributed by atoms with Gasteiger partial charge < -0.3 is 0 Å². The van der Waals surface area contributed by atoms with Crippen molar-refractivity contribution in [2.75, 3.05) is 0 Å². The van der Waals surface area contributed by atoms with E-state index in [-0.39, 0.29) is 21.1 Å². The zero-order chi connectivity index (χ0) is 16.1. The summed E-state index contributed by atoms with van der Waals surface area (Å²) in [6.45, 7) is 28.1. The predicted octanol–water partition coefficient (Wildman–Crippen LogP) is 6.98. The Hall–Kier alpha value is 1.66. The Balaban J connectivity index is 0. The van der Waals surface area contributed by atoms with E-state index in [4.69, 9.17) is 0 Å². The normalized spacial score (nSPS) is 15.2. The molecule has 2 radical (unpaired) electrons. The zero-order valence-electron chi connectivity index (χ0n) is 15.5. The molecule has 0 aromatic carbocycles. The second-order valence-electron chi connectivity index (χ2n) is 9.38. The molecule has 0 aromatic heterocycles. The van der Waals surface area contributed by atoms with Crippen LogP contribution in [0.15, 0.2) is 0 Å². The van der Waals surface area contributed by atoms with Crippen LogP contribution < -0.4 is 0 Å². The van der Waals surface area contributed by atoms with Crippen LogP contribution in [0.1, 0.15) is 83.1 Å². The van der Waals surface area contributed by atoms with Crippen molar-refractivity contribution >= 4 is 37.7 Å². The van der Waals surface area contributed by atoms with Gasteiger partial charge in [-0.1, -0.05) is 58.1 Å². The molecule has 0 aliphatic heterocycles. The Morgan fingerprint density at radius 1 is 0.474 bits per heavy atom. The molecule has 2 unspecified atom stereocenters. The van der Waals surface area contributed by atoms with E-state index in [1.807, 2.05) is 0 Å². The van der Waals surface area contributed by atoms with E-state index in [1.165, 1.54) is 0 Å². The van der Waals surface area contributed by atoms with Crippen molar-refractivity contribution in [2.45, 2.75) is 100 Å². The third-order valence-electron chi connectivity index (χ3n) is 1.56. The van der Waals surface area contributed by atoms with E-state index < -0.39 is 0 Å². The molecule has 0 aliphatic carbocycles. The fourth-order valence-corrected chi connectivity index (χ4v) is 10.9. The molecule has 3 heteroatoms. The predicted molar refractivity (Wildman–Crippen MR) is 101 cm³/mol. The van der Waals surface area contributed by atoms with Crippen LogP contribution >= 0.6 is 16.5 Å². The standard InChI is InChI=1S/C8H20P2.2C4H9.Sn/c1-7(2,3)9-10-8(4,5)6;2*1-4(2)3;/h9-10H,1-6H3;2*1-3H3;. The van der Waals surface area contributed by atoms with E-state index in [2.05, 4.69) is 83.1 Å². The molecule has 116 valence electrons. The van der Waals surface area contributed by atoms with Crippen LogP contribution in [0.5, 0.6) is 0 Å². The summed E-state index contributed by atoms with van der Waals surface area (Å²) >= 11 is -0.182. The van der Waals surface area contributed by atoms with Crippen LogP contribution in [0.4, 0.5) is 0 Å². The van der Waals surface area contributed by atoms with Crippen molar-refractivity contribution in [1.82, 2.24) is 0 Å². The van der Waals surface area contributed by atoms with Crippen molar-refractivity contribution in [3.63, 3.8) is 0 Å². The number of hydrogen-bond donors (Lipinski definition) is 0. The van der Waals surface area contributed by atoms with Gasteiger partial charge in [-0.3, -0.25) is 0 Å². The minimum absolute atomic E-state index is 0.182. The van der Waals surface area contributed by atoms with Gasteiger partial charge in [0.15, 0.2) is 0 Å². The molecule has 19 heavy (non-hydrogen) atoms. The van der Waals surface area contributed by atoms with E-state index in [9.17, 15) is 0 Å². The molecule has 0 N–H and O–H groups in total. The molecule has 0 saturated heterocycles. The Morgan fingerprint density at radius 2 is 0.684 bits per heavy atom. The molecular weight excluding hydrogens is 373 g/mol. The summed E-state index contributed by atoms with van der Waals surface area (Å²) in [7, 11) is 2.24. The number of hydrogen-bond acceptors (Lipinski definition) is 0. The van der Waals surface area contributed by atoms with Gasteiger partial charge in [-0.25, -0.2) is 0 Å². The third kappa shape index (κ3) is 28.5. The van der Waals surface area contributed by atoms with Crippen LogP contribution in [0, 0.1) is 0 Å². The molecule has 0 bridgehead atoms. The first kappa shape index (κ1) is 22.9. The zero-order valence-corrected chi connectivity index (χ0v) is 20.4. The average molecular weight is 411 g/mol. The van der Waals surface area contributed by atoms with Gasteiger partial charge in [0.05, 0.1) is 0 Å². The van der Waals surface area contributed by atoms with Crippen LogP contribution in [-0.4, -0.2) is 31.5 Å². The van der Waals surface area contributed by atoms with Crippen LogP contribution in [0.25, 0.3) is 0 Å². The monoisotopic (exact) mass is 412 g/mol. The maximum absolute atomic E-state index is 2.37. The molecule has 2 atom stereocenters. The van der Waals surface area contributed by atoms with Gasteiger partial charge >= 0.3 is 69.5 Å². The summed E-state index contributed by atoms with van der Waals surface area (Å²) in [6.07, 6.45) is 0. The van der Waals surface area contributed by atoms with E-state index >= 15 is 0 Å². The summed E-state index contributed by atoms with van der Waals surface area (Å²) in [6, 6.07) is 0. The Morgan fingerprint density at radius 3 is 0.737 bits per heavy atom. The van der Waals surface area contributed by atoms with Gasteiger partial charge in [-0.2, -0.15) is 0 Å². The quantitative estimate of drug-likeness (QED) is 0.323.